The minimum Gasteiger partial charge on any atom is -0.481 e. The molecule has 0 saturated carbocycles. The zero-order chi connectivity index (χ0) is 12.5. The number of nitrogens with zero attached hydrogens (tertiary/aromatic N) is 3. The van der Waals surface area contributed by atoms with Crippen molar-refractivity contribution in [2.24, 2.45) is 5.92 Å². The fraction of sp³-hybridized carbons (Fsp3) is 0.250. The van der Waals surface area contributed by atoms with Gasteiger partial charge in [0.15, 0.2) is 5.82 Å². The van der Waals surface area contributed by atoms with Crippen LogP contribution in [0.3, 0.4) is 0 Å². The molecule has 0 spiro atoms. The van der Waals surface area contributed by atoms with Crippen molar-refractivity contribution in [3.8, 4) is 0 Å². The molecule has 0 saturated heterocycles. The van der Waals surface area contributed by atoms with Crippen LogP contribution >= 0.6 is 0 Å². The maximum absolute atomic E-state index is 10.9. The fourth-order valence-corrected chi connectivity index (χ4v) is 2.13. The lowest BCUT2D eigenvalue weighted by Crippen LogP contribution is -2.19. The largest absolute Gasteiger partial charge is 0.481 e. The lowest BCUT2D eigenvalue weighted by Gasteiger charge is -2.13. The Balaban J connectivity index is 1.80. The van der Waals surface area contributed by atoms with E-state index in [1.165, 1.54) is 0 Å². The van der Waals surface area contributed by atoms with Crippen molar-refractivity contribution >= 4 is 17.3 Å². The van der Waals surface area contributed by atoms with Crippen LogP contribution in [-0.2, 0) is 4.79 Å². The molecule has 1 aliphatic carbocycles. The normalized spacial score (nSPS) is 22.4. The second-order valence-electron chi connectivity index (χ2n) is 4.25. The Labute approximate surface area is 103 Å². The summed E-state index contributed by atoms with van der Waals surface area (Å²) in [4.78, 5) is 15.1. The van der Waals surface area contributed by atoms with Crippen LogP contribution in [0.2, 0.25) is 0 Å². The number of anilines is 1. The van der Waals surface area contributed by atoms with E-state index in [1.54, 1.807) is 29.2 Å². The van der Waals surface area contributed by atoms with Gasteiger partial charge < -0.3 is 10.4 Å². The monoisotopic (exact) mass is 244 g/mol. The van der Waals surface area contributed by atoms with Crippen LogP contribution in [-0.4, -0.2) is 31.7 Å². The number of aliphatic carboxylic acids is 1. The zero-order valence-electron chi connectivity index (χ0n) is 9.52. The average molecular weight is 244 g/mol. The first-order valence-electron chi connectivity index (χ1n) is 5.70. The number of nitrogens with one attached hydrogen (secondary N) is 1. The Morgan fingerprint density at radius 1 is 1.44 bits per heavy atom. The summed E-state index contributed by atoms with van der Waals surface area (Å²) in [7, 11) is 0. The Morgan fingerprint density at radius 3 is 3.11 bits per heavy atom. The highest BCUT2D eigenvalue weighted by molar-refractivity contribution is 5.74. The molecular formula is C12H12N4O2. The lowest BCUT2D eigenvalue weighted by atomic mass is 10.1. The lowest BCUT2D eigenvalue weighted by molar-refractivity contribution is -0.140. The fourth-order valence-electron chi connectivity index (χ4n) is 2.13. The molecule has 2 N–H and O–H groups in total. The molecule has 2 aromatic rings. The molecule has 2 heterocycles. The molecule has 3 rings (SSSR count). The molecule has 0 fully saturated rings. The summed E-state index contributed by atoms with van der Waals surface area (Å²) in [6, 6.07) is 1.86. The average Bonchev–Trinajstić information content (AvgIpc) is 2.97. The molecule has 18 heavy (non-hydrogen) atoms. The van der Waals surface area contributed by atoms with Crippen molar-refractivity contribution in [2.45, 2.75) is 12.5 Å². The quantitative estimate of drug-likeness (QED) is 0.792. The number of rotatable bonds is 3. The van der Waals surface area contributed by atoms with Crippen molar-refractivity contribution in [2.75, 3.05) is 5.32 Å². The van der Waals surface area contributed by atoms with Gasteiger partial charge in [-0.05, 0) is 12.5 Å². The molecule has 1 aliphatic rings. The summed E-state index contributed by atoms with van der Waals surface area (Å²) in [6.07, 6.45) is 9.27. The second kappa shape index (κ2) is 4.14. The molecule has 0 amide bonds. The maximum atomic E-state index is 10.9. The van der Waals surface area contributed by atoms with E-state index >= 15 is 0 Å². The third-order valence-corrected chi connectivity index (χ3v) is 3.05. The highest BCUT2D eigenvalue weighted by Crippen LogP contribution is 2.22. The second-order valence-corrected chi connectivity index (χ2v) is 4.25. The number of fused-ring (bicyclic) bond motifs is 1. The van der Waals surface area contributed by atoms with Crippen LogP contribution < -0.4 is 5.32 Å². The van der Waals surface area contributed by atoms with Crippen LogP contribution in [0.15, 0.2) is 36.8 Å². The van der Waals surface area contributed by atoms with Gasteiger partial charge >= 0.3 is 5.97 Å². The molecule has 0 aliphatic heterocycles. The van der Waals surface area contributed by atoms with E-state index in [4.69, 9.17) is 5.11 Å². The summed E-state index contributed by atoms with van der Waals surface area (Å²) in [5.74, 6) is -0.478. The SMILES string of the molecule is O=C(O)C1C=CC(Nc2nccn3nccc23)C1. The van der Waals surface area contributed by atoms with Crippen LogP contribution in [0, 0.1) is 5.92 Å². The molecule has 2 atom stereocenters. The van der Waals surface area contributed by atoms with E-state index < -0.39 is 11.9 Å². The third kappa shape index (κ3) is 1.81. The molecule has 0 bridgehead atoms. The summed E-state index contributed by atoms with van der Waals surface area (Å²) in [5, 5.41) is 16.3. The molecule has 0 aromatic carbocycles. The maximum Gasteiger partial charge on any atom is 0.310 e. The van der Waals surface area contributed by atoms with Gasteiger partial charge in [-0.25, -0.2) is 9.50 Å². The van der Waals surface area contributed by atoms with Crippen molar-refractivity contribution in [1.29, 1.82) is 0 Å². The van der Waals surface area contributed by atoms with Gasteiger partial charge in [-0.15, -0.1) is 0 Å². The molecular weight excluding hydrogens is 232 g/mol. The predicted molar refractivity (Wildman–Crippen MR) is 65.3 cm³/mol. The summed E-state index contributed by atoms with van der Waals surface area (Å²) < 4.78 is 1.72. The van der Waals surface area contributed by atoms with Gasteiger partial charge in [0, 0.05) is 18.4 Å². The zero-order valence-corrected chi connectivity index (χ0v) is 9.52. The van der Waals surface area contributed by atoms with Gasteiger partial charge in [0.1, 0.15) is 5.52 Å². The molecule has 6 nitrogen and oxygen atoms in total. The first kappa shape index (κ1) is 10.8. The highest BCUT2D eigenvalue weighted by Gasteiger charge is 2.24. The smallest absolute Gasteiger partial charge is 0.310 e. The van der Waals surface area contributed by atoms with Crippen LogP contribution in [0.5, 0.6) is 0 Å². The van der Waals surface area contributed by atoms with Gasteiger partial charge in [-0.2, -0.15) is 5.10 Å². The van der Waals surface area contributed by atoms with Gasteiger partial charge in [0.05, 0.1) is 12.1 Å². The third-order valence-electron chi connectivity index (χ3n) is 3.05. The van der Waals surface area contributed by atoms with Crippen LogP contribution in [0.4, 0.5) is 5.82 Å². The van der Waals surface area contributed by atoms with E-state index in [1.807, 2.05) is 12.1 Å². The van der Waals surface area contributed by atoms with Crippen LogP contribution in [0.1, 0.15) is 6.42 Å². The summed E-state index contributed by atoms with van der Waals surface area (Å²) in [6.45, 7) is 0. The van der Waals surface area contributed by atoms with E-state index in [0.717, 1.165) is 11.3 Å². The number of carboxylic acid groups (broad SMARTS) is 1. The van der Waals surface area contributed by atoms with E-state index in [-0.39, 0.29) is 6.04 Å². The Hall–Kier alpha value is -2.37. The minimum atomic E-state index is -0.786. The van der Waals surface area contributed by atoms with Crippen molar-refractivity contribution in [1.82, 2.24) is 14.6 Å². The first-order chi connectivity index (χ1) is 8.74. The number of aromatic nitrogens is 3. The molecule has 2 aromatic heterocycles. The molecule has 2 unspecified atom stereocenters. The van der Waals surface area contributed by atoms with Crippen molar-refractivity contribution in [3.05, 3.63) is 36.8 Å². The Morgan fingerprint density at radius 2 is 2.33 bits per heavy atom. The van der Waals surface area contributed by atoms with Crippen molar-refractivity contribution < 1.29 is 9.90 Å². The van der Waals surface area contributed by atoms with E-state index in [0.29, 0.717) is 6.42 Å². The van der Waals surface area contributed by atoms with Gasteiger partial charge in [-0.1, -0.05) is 12.2 Å². The molecule has 0 radical (unpaired) electrons. The number of hydrogen-bond acceptors (Lipinski definition) is 4. The van der Waals surface area contributed by atoms with Crippen molar-refractivity contribution in [3.63, 3.8) is 0 Å². The Bertz CT molecular complexity index is 619. The topological polar surface area (TPSA) is 79.5 Å². The first-order valence-corrected chi connectivity index (χ1v) is 5.70. The van der Waals surface area contributed by atoms with Gasteiger partial charge in [0.25, 0.3) is 0 Å². The van der Waals surface area contributed by atoms with Crippen LogP contribution in [0.25, 0.3) is 5.52 Å². The molecule has 6 heteroatoms. The van der Waals surface area contributed by atoms with E-state index in [9.17, 15) is 4.79 Å². The number of carbonyl (C=O) groups is 1. The predicted octanol–water partition coefficient (Wildman–Crippen LogP) is 1.17. The number of hydrogen-bond donors (Lipinski definition) is 2. The van der Waals surface area contributed by atoms with Gasteiger partial charge in [0.2, 0.25) is 0 Å². The summed E-state index contributed by atoms with van der Waals surface area (Å²) >= 11 is 0. The standard InChI is InChI=1S/C12H12N4O2/c17-12(18)8-1-2-9(7-8)15-11-10-3-4-14-16(10)6-5-13-11/h1-6,8-9H,7H2,(H,13,15)(H,17,18). The minimum absolute atomic E-state index is 0.000278. The Kier molecular flexibility index (Phi) is 2.47. The highest BCUT2D eigenvalue weighted by atomic mass is 16.4. The number of carboxylic acids is 1. The van der Waals surface area contributed by atoms with Gasteiger partial charge in [-0.3, -0.25) is 4.79 Å². The van der Waals surface area contributed by atoms with E-state index in [2.05, 4.69) is 15.4 Å². The molecule has 92 valence electrons. The summed E-state index contributed by atoms with van der Waals surface area (Å²) in [5.41, 5.74) is 0.879.